The van der Waals surface area contributed by atoms with Crippen LogP contribution in [0, 0.1) is 12.8 Å². The number of nitrogens with zero attached hydrogens (tertiary/aromatic N) is 2. The molecule has 25 heavy (non-hydrogen) atoms. The first-order chi connectivity index (χ1) is 11.9. The molecule has 0 aliphatic carbocycles. The number of nitrogens with one attached hydrogen (secondary N) is 1. The van der Waals surface area contributed by atoms with Crippen LogP contribution in [0.25, 0.3) is 0 Å². The van der Waals surface area contributed by atoms with E-state index in [2.05, 4.69) is 10.3 Å². The lowest BCUT2D eigenvalue weighted by atomic mass is 9.99. The molecule has 0 aromatic carbocycles. The number of aliphatic carboxylic acids is 1. The summed E-state index contributed by atoms with van der Waals surface area (Å²) in [4.78, 5) is 41.8. The van der Waals surface area contributed by atoms with Gasteiger partial charge in [0, 0.05) is 23.4 Å². The lowest BCUT2D eigenvalue weighted by molar-refractivity contribution is -0.151. The molecule has 1 unspecified atom stereocenters. The number of hydrogen-bond acceptors (Lipinski definition) is 7. The van der Waals surface area contributed by atoms with E-state index in [0.717, 1.165) is 14.9 Å². The summed E-state index contributed by atoms with van der Waals surface area (Å²) in [5.41, 5.74) is 0.925. The van der Waals surface area contributed by atoms with Crippen LogP contribution in [0.5, 0.6) is 0 Å². The number of carboxylic acids is 1. The van der Waals surface area contributed by atoms with Gasteiger partial charge in [0.05, 0.1) is 23.4 Å². The van der Waals surface area contributed by atoms with E-state index in [4.69, 9.17) is 0 Å². The molecule has 0 bridgehead atoms. The first-order valence-corrected chi connectivity index (χ1v) is 10.4. The summed E-state index contributed by atoms with van der Waals surface area (Å²) in [7, 11) is 1.60. The molecule has 134 valence electrons. The summed E-state index contributed by atoms with van der Waals surface area (Å²) >= 11 is 4.54. The molecule has 3 heterocycles. The van der Waals surface area contributed by atoms with Gasteiger partial charge in [-0.25, -0.2) is 9.78 Å². The van der Waals surface area contributed by atoms with Crippen LogP contribution in [0.4, 0.5) is 0 Å². The minimum atomic E-state index is -1.06. The van der Waals surface area contributed by atoms with Crippen molar-refractivity contribution in [1.29, 1.82) is 0 Å². The Kier molecular flexibility index (Phi) is 5.40. The van der Waals surface area contributed by atoms with Crippen LogP contribution < -0.4 is 5.32 Å². The number of thioether (sulfide) groups is 2. The number of carbonyl (C=O) groups excluding carboxylic acids is 2. The van der Waals surface area contributed by atoms with Gasteiger partial charge < -0.3 is 10.4 Å². The Hall–Kier alpha value is -1.52. The molecule has 0 saturated carbocycles. The van der Waals surface area contributed by atoms with Crippen molar-refractivity contribution in [2.45, 2.75) is 23.1 Å². The van der Waals surface area contributed by atoms with Crippen LogP contribution in [0.2, 0.25) is 0 Å². The molecule has 0 radical (unpaired) electrons. The highest BCUT2D eigenvalue weighted by Gasteiger charge is 2.51. The summed E-state index contributed by atoms with van der Waals surface area (Å²) < 4.78 is 0.831. The average molecular weight is 400 g/mol. The monoisotopic (exact) mass is 399 g/mol. The van der Waals surface area contributed by atoms with Crippen LogP contribution in [0.15, 0.2) is 16.1 Å². The summed E-state index contributed by atoms with van der Waals surface area (Å²) in [6.45, 7) is 1.87. The molecule has 10 heteroatoms. The number of amides is 2. The van der Waals surface area contributed by atoms with Gasteiger partial charge >= 0.3 is 5.97 Å². The van der Waals surface area contributed by atoms with Crippen LogP contribution in [-0.4, -0.2) is 56.7 Å². The zero-order chi connectivity index (χ0) is 18.1. The van der Waals surface area contributed by atoms with Crippen molar-refractivity contribution in [3.8, 4) is 0 Å². The van der Waals surface area contributed by atoms with Crippen molar-refractivity contribution in [2.75, 3.05) is 18.6 Å². The van der Waals surface area contributed by atoms with Crippen LogP contribution >= 0.6 is 34.9 Å². The van der Waals surface area contributed by atoms with Gasteiger partial charge in [0.1, 0.15) is 10.0 Å². The number of aryl methyl sites for hydroxylation is 1. The third kappa shape index (κ3) is 3.56. The second kappa shape index (κ2) is 7.38. The lowest BCUT2D eigenvalue weighted by Crippen LogP contribution is -2.61. The van der Waals surface area contributed by atoms with Crippen molar-refractivity contribution in [1.82, 2.24) is 15.2 Å². The number of thiazole rings is 1. The molecular weight excluding hydrogens is 382 g/mol. The Labute approximate surface area is 157 Å². The molecule has 1 saturated heterocycles. The Balaban J connectivity index is 1.61. The number of hydrogen-bond donors (Lipinski definition) is 2. The number of rotatable bonds is 6. The molecule has 1 aromatic rings. The highest BCUT2D eigenvalue weighted by Crippen LogP contribution is 2.44. The Morgan fingerprint density at radius 3 is 2.96 bits per heavy atom. The second-order valence-corrected chi connectivity index (χ2v) is 9.08. The van der Waals surface area contributed by atoms with E-state index in [9.17, 15) is 19.5 Å². The maximum Gasteiger partial charge on any atom is 0.352 e. The molecule has 2 N–H and O–H groups in total. The molecule has 2 aliphatic heterocycles. The van der Waals surface area contributed by atoms with Crippen LogP contribution in [-0.2, 0) is 20.8 Å². The number of fused-ring (bicyclic) bond motifs is 1. The molecule has 7 nitrogen and oxygen atoms in total. The first kappa shape index (κ1) is 18.3. The van der Waals surface area contributed by atoms with Gasteiger partial charge in [-0.3, -0.25) is 14.5 Å². The van der Waals surface area contributed by atoms with Crippen molar-refractivity contribution >= 4 is 52.6 Å². The third-order valence-corrected chi connectivity index (χ3v) is 7.69. The van der Waals surface area contributed by atoms with Crippen LogP contribution in [0.3, 0.4) is 0 Å². The molecular formula is C15H17N3O4S3. The standard InChI is InChI=1S/C15H17N3O4S3/c1-7-10(5-11(19)16-2)25-15(17-7)24-6-8-12(20)18-9(14(21)22)3-4-23-13(8)18/h3,8,13H,4-6H2,1-2H3,(H,16,19)(H,21,22)/t8?,13-/m0/s1. The maximum absolute atomic E-state index is 12.3. The SMILES string of the molecule is CNC(=O)Cc1sc(SCC2C(=O)N3C(C(=O)O)=CCS[C@@H]23)nc1C. The van der Waals surface area contributed by atoms with Crippen molar-refractivity contribution < 1.29 is 19.5 Å². The van der Waals surface area contributed by atoms with Gasteiger partial charge in [-0.1, -0.05) is 11.8 Å². The first-order valence-electron chi connectivity index (χ1n) is 7.60. The minimum Gasteiger partial charge on any atom is -0.477 e. The Morgan fingerprint density at radius 1 is 1.52 bits per heavy atom. The van der Waals surface area contributed by atoms with E-state index in [-0.39, 0.29) is 28.8 Å². The topological polar surface area (TPSA) is 99.6 Å². The van der Waals surface area contributed by atoms with E-state index in [1.807, 2.05) is 6.92 Å². The van der Waals surface area contributed by atoms with Gasteiger partial charge in [-0.15, -0.1) is 23.1 Å². The predicted molar refractivity (Wildman–Crippen MR) is 97.6 cm³/mol. The maximum atomic E-state index is 12.3. The van der Waals surface area contributed by atoms with Gasteiger partial charge in [-0.2, -0.15) is 0 Å². The quantitative estimate of drug-likeness (QED) is 0.550. The third-order valence-electron chi connectivity index (χ3n) is 4.04. The second-order valence-electron chi connectivity index (χ2n) is 5.58. The summed E-state index contributed by atoms with van der Waals surface area (Å²) in [6, 6.07) is 0. The number of β-lactam (4-membered cyclic amide) rings is 1. The minimum absolute atomic E-state index is 0.0558. The summed E-state index contributed by atoms with van der Waals surface area (Å²) in [5.74, 6) is -0.295. The normalized spacial score (nSPS) is 22.1. The van der Waals surface area contributed by atoms with E-state index >= 15 is 0 Å². The molecule has 0 spiro atoms. The molecule has 2 atom stereocenters. The van der Waals surface area contributed by atoms with Crippen molar-refractivity contribution in [2.24, 2.45) is 5.92 Å². The number of carbonyl (C=O) groups is 3. The number of likely N-dealkylation sites (N-methyl/N-ethyl adjacent to an activating group) is 1. The van der Waals surface area contributed by atoms with Crippen LogP contribution in [0.1, 0.15) is 10.6 Å². The molecule has 2 amide bonds. The summed E-state index contributed by atoms with van der Waals surface area (Å²) in [6.07, 6.45) is 1.89. The van der Waals surface area contributed by atoms with E-state index in [1.165, 1.54) is 28.0 Å². The molecule has 1 aromatic heterocycles. The van der Waals surface area contributed by atoms with E-state index in [0.29, 0.717) is 17.9 Å². The van der Waals surface area contributed by atoms with Crippen molar-refractivity contribution in [3.63, 3.8) is 0 Å². The van der Waals surface area contributed by atoms with Gasteiger partial charge in [0.2, 0.25) is 11.8 Å². The molecule has 3 rings (SSSR count). The highest BCUT2D eigenvalue weighted by molar-refractivity contribution is 8.01. The number of aromatic nitrogens is 1. The van der Waals surface area contributed by atoms with Crippen molar-refractivity contribution in [3.05, 3.63) is 22.3 Å². The highest BCUT2D eigenvalue weighted by atomic mass is 32.2. The average Bonchev–Trinajstić information content (AvgIpc) is 2.93. The number of carboxylic acid groups (broad SMARTS) is 1. The summed E-state index contributed by atoms with van der Waals surface area (Å²) in [5, 5.41) is 11.7. The molecule has 1 fully saturated rings. The largest absolute Gasteiger partial charge is 0.477 e. The predicted octanol–water partition coefficient (Wildman–Crippen LogP) is 1.33. The lowest BCUT2D eigenvalue weighted by Gasteiger charge is -2.48. The smallest absolute Gasteiger partial charge is 0.352 e. The van der Waals surface area contributed by atoms with Gasteiger partial charge in [0.25, 0.3) is 0 Å². The van der Waals surface area contributed by atoms with E-state index < -0.39 is 5.97 Å². The molecule has 2 aliphatic rings. The zero-order valence-electron chi connectivity index (χ0n) is 13.6. The fraction of sp³-hybridized carbons (Fsp3) is 0.467. The fourth-order valence-corrected chi connectivity index (χ4v) is 6.43. The van der Waals surface area contributed by atoms with Gasteiger partial charge in [0.15, 0.2) is 0 Å². The fourth-order valence-electron chi connectivity index (χ4n) is 2.66. The Morgan fingerprint density at radius 2 is 2.28 bits per heavy atom. The van der Waals surface area contributed by atoms with Gasteiger partial charge in [-0.05, 0) is 13.0 Å². The van der Waals surface area contributed by atoms with E-state index in [1.54, 1.807) is 24.9 Å². The Bertz CT molecular complexity index is 761. The zero-order valence-corrected chi connectivity index (χ0v) is 16.1.